The predicted molar refractivity (Wildman–Crippen MR) is 106 cm³/mol. The van der Waals surface area contributed by atoms with Crippen molar-refractivity contribution in [1.82, 2.24) is 5.32 Å². The van der Waals surface area contributed by atoms with Gasteiger partial charge in [0.1, 0.15) is 24.0 Å². The van der Waals surface area contributed by atoms with E-state index >= 15 is 0 Å². The van der Waals surface area contributed by atoms with Crippen molar-refractivity contribution in [2.45, 2.75) is 45.4 Å². The number of hydrogen-bond donors (Lipinski definition) is 1. The second kappa shape index (κ2) is 9.78. The fourth-order valence-electron chi connectivity index (χ4n) is 2.47. The number of hydrogen-bond acceptors (Lipinski definition) is 5. The molecular formula is C22H27NO5. The summed E-state index contributed by atoms with van der Waals surface area (Å²) in [7, 11) is 1.59. The highest BCUT2D eigenvalue weighted by Crippen LogP contribution is 2.14. The number of benzene rings is 2. The average Bonchev–Trinajstić information content (AvgIpc) is 2.65. The molecular weight excluding hydrogens is 358 g/mol. The molecule has 2 aromatic rings. The molecule has 0 aliphatic carbocycles. The van der Waals surface area contributed by atoms with E-state index in [-0.39, 0.29) is 13.0 Å². The smallest absolute Gasteiger partial charge is 0.408 e. The number of rotatable bonds is 7. The van der Waals surface area contributed by atoms with Gasteiger partial charge in [0, 0.05) is 6.42 Å². The Morgan fingerprint density at radius 3 is 2.18 bits per heavy atom. The van der Waals surface area contributed by atoms with Crippen LogP contribution in [0, 0.1) is 0 Å². The second-order valence-corrected chi connectivity index (χ2v) is 7.34. The van der Waals surface area contributed by atoms with Crippen molar-refractivity contribution in [3.63, 3.8) is 0 Å². The van der Waals surface area contributed by atoms with Gasteiger partial charge in [-0.3, -0.25) is 0 Å². The third kappa shape index (κ3) is 7.31. The maximum Gasteiger partial charge on any atom is 0.408 e. The Labute approximate surface area is 165 Å². The van der Waals surface area contributed by atoms with Crippen molar-refractivity contribution in [3.8, 4) is 5.75 Å². The highest BCUT2D eigenvalue weighted by atomic mass is 16.6. The van der Waals surface area contributed by atoms with Crippen LogP contribution in [-0.4, -0.2) is 30.8 Å². The lowest BCUT2D eigenvalue weighted by molar-refractivity contribution is -0.147. The number of ether oxygens (including phenoxy) is 3. The van der Waals surface area contributed by atoms with Crippen LogP contribution in [0.2, 0.25) is 0 Å². The van der Waals surface area contributed by atoms with E-state index < -0.39 is 23.7 Å². The molecule has 150 valence electrons. The van der Waals surface area contributed by atoms with E-state index in [2.05, 4.69) is 5.32 Å². The molecule has 0 aliphatic rings. The summed E-state index contributed by atoms with van der Waals surface area (Å²) in [6.07, 6.45) is -0.390. The van der Waals surface area contributed by atoms with Crippen LogP contribution in [0.5, 0.6) is 5.75 Å². The van der Waals surface area contributed by atoms with E-state index in [0.717, 1.165) is 11.1 Å². The zero-order valence-electron chi connectivity index (χ0n) is 16.7. The summed E-state index contributed by atoms with van der Waals surface area (Å²) in [5.74, 6) is 0.192. The fourth-order valence-corrected chi connectivity index (χ4v) is 2.47. The molecule has 1 atom stereocenters. The molecule has 6 nitrogen and oxygen atoms in total. The Morgan fingerprint density at radius 1 is 0.964 bits per heavy atom. The average molecular weight is 385 g/mol. The predicted octanol–water partition coefficient (Wildman–Crippen LogP) is 3.87. The van der Waals surface area contributed by atoms with E-state index in [1.54, 1.807) is 40.0 Å². The number of methoxy groups -OCH3 is 1. The Balaban J connectivity index is 2.07. The number of amides is 1. The first-order chi connectivity index (χ1) is 13.3. The molecule has 0 fully saturated rings. The third-order valence-electron chi connectivity index (χ3n) is 3.80. The van der Waals surface area contributed by atoms with Crippen LogP contribution in [0.1, 0.15) is 31.9 Å². The Kier molecular flexibility index (Phi) is 7.44. The van der Waals surface area contributed by atoms with Gasteiger partial charge >= 0.3 is 12.1 Å². The van der Waals surface area contributed by atoms with Crippen molar-refractivity contribution in [2.24, 2.45) is 0 Å². The summed E-state index contributed by atoms with van der Waals surface area (Å²) in [5, 5.41) is 2.62. The molecule has 0 bridgehead atoms. The zero-order chi connectivity index (χ0) is 20.6. The standard InChI is InChI=1S/C22H27NO5/c1-22(2,3)28-21(25)23-19(14-16-10-12-18(26-4)13-11-16)20(24)27-15-17-8-6-5-7-9-17/h5-13,19H,14-15H2,1-4H3,(H,23,25)/t19-/m1/s1. The molecule has 0 heterocycles. The van der Waals surface area contributed by atoms with E-state index in [9.17, 15) is 9.59 Å². The number of esters is 1. The lowest BCUT2D eigenvalue weighted by Gasteiger charge is -2.23. The fraction of sp³-hybridized carbons (Fsp3) is 0.364. The first-order valence-corrected chi connectivity index (χ1v) is 9.10. The molecule has 0 radical (unpaired) electrons. The SMILES string of the molecule is COc1ccc(C[C@@H](NC(=O)OC(C)(C)C)C(=O)OCc2ccccc2)cc1. The topological polar surface area (TPSA) is 73.9 Å². The summed E-state index contributed by atoms with van der Waals surface area (Å²) in [4.78, 5) is 24.8. The van der Waals surface area contributed by atoms with Crippen molar-refractivity contribution in [3.05, 3.63) is 65.7 Å². The van der Waals surface area contributed by atoms with Crippen LogP contribution in [0.15, 0.2) is 54.6 Å². The van der Waals surface area contributed by atoms with Crippen LogP contribution < -0.4 is 10.1 Å². The number of carbonyl (C=O) groups excluding carboxylic acids is 2. The molecule has 1 N–H and O–H groups in total. The molecule has 0 aliphatic heterocycles. The minimum Gasteiger partial charge on any atom is -0.497 e. The van der Waals surface area contributed by atoms with Gasteiger partial charge in [-0.05, 0) is 44.0 Å². The molecule has 0 unspecified atom stereocenters. The number of carbonyl (C=O) groups is 2. The van der Waals surface area contributed by atoms with Crippen LogP contribution in [-0.2, 0) is 27.3 Å². The van der Waals surface area contributed by atoms with Gasteiger partial charge in [0.25, 0.3) is 0 Å². The van der Waals surface area contributed by atoms with Crippen LogP contribution >= 0.6 is 0 Å². The van der Waals surface area contributed by atoms with Gasteiger partial charge in [-0.2, -0.15) is 0 Å². The highest BCUT2D eigenvalue weighted by molar-refractivity contribution is 5.81. The molecule has 6 heteroatoms. The minimum absolute atomic E-state index is 0.134. The molecule has 0 saturated carbocycles. The molecule has 0 aromatic heterocycles. The monoisotopic (exact) mass is 385 g/mol. The number of alkyl carbamates (subject to hydrolysis) is 1. The molecule has 28 heavy (non-hydrogen) atoms. The zero-order valence-corrected chi connectivity index (χ0v) is 16.7. The molecule has 0 spiro atoms. The summed E-state index contributed by atoms with van der Waals surface area (Å²) in [5.41, 5.74) is 1.07. The van der Waals surface area contributed by atoms with Gasteiger partial charge in [-0.15, -0.1) is 0 Å². The van der Waals surface area contributed by atoms with Crippen molar-refractivity contribution in [1.29, 1.82) is 0 Å². The van der Waals surface area contributed by atoms with Crippen molar-refractivity contribution < 1.29 is 23.8 Å². The molecule has 0 saturated heterocycles. The maximum absolute atomic E-state index is 12.6. The normalized spacial score (nSPS) is 12.0. The van der Waals surface area contributed by atoms with E-state index in [1.807, 2.05) is 42.5 Å². The first-order valence-electron chi connectivity index (χ1n) is 9.10. The number of nitrogens with one attached hydrogen (secondary N) is 1. The van der Waals surface area contributed by atoms with Gasteiger partial charge in [0.15, 0.2) is 0 Å². The molecule has 1 amide bonds. The Hall–Kier alpha value is -3.02. The van der Waals surface area contributed by atoms with Crippen LogP contribution in [0.25, 0.3) is 0 Å². The maximum atomic E-state index is 12.6. The molecule has 2 aromatic carbocycles. The lowest BCUT2D eigenvalue weighted by atomic mass is 10.1. The van der Waals surface area contributed by atoms with Gasteiger partial charge in [-0.1, -0.05) is 42.5 Å². The minimum atomic E-state index is -0.869. The molecule has 2 rings (SSSR count). The van der Waals surface area contributed by atoms with E-state index in [0.29, 0.717) is 5.75 Å². The van der Waals surface area contributed by atoms with E-state index in [4.69, 9.17) is 14.2 Å². The first kappa shape index (κ1) is 21.3. The largest absolute Gasteiger partial charge is 0.497 e. The van der Waals surface area contributed by atoms with Gasteiger partial charge in [-0.25, -0.2) is 9.59 Å². The van der Waals surface area contributed by atoms with Crippen LogP contribution in [0.3, 0.4) is 0 Å². The van der Waals surface area contributed by atoms with Gasteiger partial charge in [0.2, 0.25) is 0 Å². The Bertz CT molecular complexity index is 766. The summed E-state index contributed by atoms with van der Waals surface area (Å²) >= 11 is 0. The van der Waals surface area contributed by atoms with Crippen molar-refractivity contribution >= 4 is 12.1 Å². The van der Waals surface area contributed by atoms with Gasteiger partial charge in [0.05, 0.1) is 7.11 Å². The quantitative estimate of drug-likeness (QED) is 0.733. The third-order valence-corrected chi connectivity index (χ3v) is 3.80. The van der Waals surface area contributed by atoms with Crippen molar-refractivity contribution in [2.75, 3.05) is 7.11 Å². The second-order valence-electron chi connectivity index (χ2n) is 7.34. The van der Waals surface area contributed by atoms with Gasteiger partial charge < -0.3 is 19.5 Å². The summed E-state index contributed by atoms with van der Waals surface area (Å²) < 4.78 is 15.8. The highest BCUT2D eigenvalue weighted by Gasteiger charge is 2.26. The summed E-state index contributed by atoms with van der Waals surface area (Å²) in [6.45, 7) is 5.42. The summed E-state index contributed by atoms with van der Waals surface area (Å²) in [6, 6.07) is 15.8. The lowest BCUT2D eigenvalue weighted by Crippen LogP contribution is -2.45. The Morgan fingerprint density at radius 2 is 1.61 bits per heavy atom. The van der Waals surface area contributed by atoms with Crippen LogP contribution in [0.4, 0.5) is 4.79 Å². The van der Waals surface area contributed by atoms with E-state index in [1.165, 1.54) is 0 Å².